The number of carbonyl (C=O) groups excluding carboxylic acids is 2. The average Bonchev–Trinajstić information content (AvgIpc) is 3.16. The molecule has 0 aromatic heterocycles. The molecule has 7 heteroatoms. The molecule has 1 amide bonds. The Bertz CT molecular complexity index is 923. The number of likely N-dealkylation sites (tertiary alicyclic amines) is 1. The van der Waals surface area contributed by atoms with Gasteiger partial charge in [0.15, 0.2) is 0 Å². The van der Waals surface area contributed by atoms with E-state index in [2.05, 4.69) is 44.3 Å². The SMILES string of the molecule is C=CCN(CC(=O)N1CCC[C@H]1C(=O)OC)B(OCc1ccccc1)C12CC(C)CCC1C2(C)C. The fourth-order valence-electron chi connectivity index (χ4n) is 7.20. The van der Waals surface area contributed by atoms with Gasteiger partial charge in [-0.1, -0.05) is 63.6 Å². The van der Waals surface area contributed by atoms with E-state index in [1.807, 2.05) is 24.3 Å². The zero-order chi connectivity index (χ0) is 25.2. The maximum atomic E-state index is 13.6. The molecule has 35 heavy (non-hydrogen) atoms. The van der Waals surface area contributed by atoms with Crippen molar-refractivity contribution in [1.82, 2.24) is 9.71 Å². The van der Waals surface area contributed by atoms with Crippen molar-refractivity contribution in [3.05, 3.63) is 48.6 Å². The van der Waals surface area contributed by atoms with Gasteiger partial charge >= 0.3 is 13.0 Å². The number of benzene rings is 1. The minimum atomic E-state index is -0.486. The molecule has 2 aliphatic carbocycles. The molecule has 3 fully saturated rings. The van der Waals surface area contributed by atoms with Crippen molar-refractivity contribution in [2.45, 2.75) is 70.8 Å². The van der Waals surface area contributed by atoms with Crippen LogP contribution in [0.1, 0.15) is 58.4 Å². The second-order valence-electron chi connectivity index (χ2n) is 11.3. The largest absolute Gasteiger partial charge is 0.467 e. The Kier molecular flexibility index (Phi) is 7.77. The third-order valence-electron chi connectivity index (χ3n) is 9.02. The molecule has 4 rings (SSSR count). The molecule has 0 radical (unpaired) electrons. The van der Waals surface area contributed by atoms with Gasteiger partial charge in [-0.25, -0.2) is 4.79 Å². The van der Waals surface area contributed by atoms with E-state index >= 15 is 0 Å². The molecule has 190 valence electrons. The molecule has 6 nitrogen and oxygen atoms in total. The van der Waals surface area contributed by atoms with Crippen molar-refractivity contribution in [3.63, 3.8) is 0 Å². The maximum absolute atomic E-state index is 13.6. The van der Waals surface area contributed by atoms with Crippen LogP contribution in [-0.4, -0.2) is 61.4 Å². The number of fused-ring (bicyclic) bond motifs is 1. The highest BCUT2D eigenvalue weighted by molar-refractivity contribution is 6.55. The average molecular weight is 480 g/mol. The molecule has 3 aliphatic rings. The van der Waals surface area contributed by atoms with Crippen molar-refractivity contribution in [3.8, 4) is 0 Å². The van der Waals surface area contributed by atoms with Crippen LogP contribution in [0.25, 0.3) is 0 Å². The molecular formula is C28H41BN2O4. The Balaban J connectivity index is 1.61. The van der Waals surface area contributed by atoms with E-state index in [1.54, 1.807) is 4.90 Å². The normalized spacial score (nSPS) is 28.9. The van der Waals surface area contributed by atoms with E-state index in [9.17, 15) is 9.59 Å². The highest BCUT2D eigenvalue weighted by Crippen LogP contribution is 2.82. The molecule has 2 saturated carbocycles. The number of rotatable bonds is 10. The van der Waals surface area contributed by atoms with Crippen molar-refractivity contribution in [2.24, 2.45) is 17.3 Å². The Morgan fingerprint density at radius 2 is 1.97 bits per heavy atom. The van der Waals surface area contributed by atoms with Crippen LogP contribution in [0.3, 0.4) is 0 Å². The minimum Gasteiger partial charge on any atom is -0.467 e. The van der Waals surface area contributed by atoms with Gasteiger partial charge in [-0.2, -0.15) is 0 Å². The molecule has 1 aromatic carbocycles. The summed E-state index contributed by atoms with van der Waals surface area (Å²) in [6, 6.07) is 9.76. The Morgan fingerprint density at radius 1 is 1.23 bits per heavy atom. The molecule has 3 unspecified atom stereocenters. The fourth-order valence-corrected chi connectivity index (χ4v) is 7.20. The second kappa shape index (κ2) is 10.5. The summed E-state index contributed by atoms with van der Waals surface area (Å²) in [5.74, 6) is 0.831. The standard InChI is InChI=1S/C28H41BN2O4/c1-6-16-30(19-25(32)31-17-10-13-23(31)26(33)34-5)29(35-20-22-11-8-7-9-12-22)28-18-21(2)14-15-24(28)27(28,3)4/h6-9,11-12,21,23-24H,1,10,13-20H2,2-5H3/t21?,23-,24?,28?/m0/s1. The van der Waals surface area contributed by atoms with Crippen molar-refractivity contribution >= 4 is 18.9 Å². The lowest BCUT2D eigenvalue weighted by Crippen LogP contribution is -2.54. The summed E-state index contributed by atoms with van der Waals surface area (Å²) in [5.41, 5.74) is 1.27. The van der Waals surface area contributed by atoms with Gasteiger partial charge in [0, 0.05) is 18.4 Å². The molecular weight excluding hydrogens is 439 g/mol. The first-order valence-electron chi connectivity index (χ1n) is 13.1. The van der Waals surface area contributed by atoms with E-state index < -0.39 is 6.04 Å². The Labute approximate surface area is 211 Å². The van der Waals surface area contributed by atoms with Crippen LogP contribution in [-0.2, 0) is 25.6 Å². The number of carbonyl (C=O) groups is 2. The quantitative estimate of drug-likeness (QED) is 0.279. The summed E-state index contributed by atoms with van der Waals surface area (Å²) in [5, 5.41) is -0.00447. The van der Waals surface area contributed by atoms with Gasteiger partial charge in [0.2, 0.25) is 5.91 Å². The number of ether oxygens (including phenoxy) is 1. The van der Waals surface area contributed by atoms with Gasteiger partial charge in [0.05, 0.1) is 20.3 Å². The third-order valence-corrected chi connectivity index (χ3v) is 9.02. The topological polar surface area (TPSA) is 59.1 Å². The molecule has 1 aromatic rings. The van der Waals surface area contributed by atoms with E-state index in [1.165, 1.54) is 20.0 Å². The van der Waals surface area contributed by atoms with Crippen LogP contribution >= 0.6 is 0 Å². The molecule has 0 spiro atoms. The number of nitrogens with zero attached hydrogens (tertiary/aromatic N) is 2. The van der Waals surface area contributed by atoms with E-state index in [4.69, 9.17) is 9.39 Å². The summed E-state index contributed by atoms with van der Waals surface area (Å²) < 4.78 is 11.8. The lowest BCUT2D eigenvalue weighted by molar-refractivity contribution is -0.151. The van der Waals surface area contributed by atoms with Gasteiger partial charge in [0.25, 0.3) is 0 Å². The molecule has 0 N–H and O–H groups in total. The predicted molar refractivity (Wildman–Crippen MR) is 138 cm³/mol. The number of amides is 1. The van der Waals surface area contributed by atoms with Crippen LogP contribution in [0.5, 0.6) is 0 Å². The number of hydrogen-bond acceptors (Lipinski definition) is 5. The zero-order valence-corrected chi connectivity index (χ0v) is 21.9. The summed E-state index contributed by atoms with van der Waals surface area (Å²) in [4.78, 5) is 29.7. The summed E-state index contributed by atoms with van der Waals surface area (Å²) in [6.45, 7) is 12.9. The number of methoxy groups -OCH3 is 1. The highest BCUT2D eigenvalue weighted by Gasteiger charge is 2.77. The molecule has 1 aliphatic heterocycles. The van der Waals surface area contributed by atoms with E-state index in [0.29, 0.717) is 38.0 Å². The molecule has 1 saturated heterocycles. The first-order valence-corrected chi connectivity index (χ1v) is 13.1. The van der Waals surface area contributed by atoms with Crippen molar-refractivity contribution in [1.29, 1.82) is 0 Å². The van der Waals surface area contributed by atoms with Crippen LogP contribution in [0.15, 0.2) is 43.0 Å². The lowest BCUT2D eigenvalue weighted by atomic mass is 9.52. The third kappa shape index (κ3) is 4.82. The monoisotopic (exact) mass is 480 g/mol. The smallest absolute Gasteiger partial charge is 0.390 e. The van der Waals surface area contributed by atoms with Crippen LogP contribution in [0.2, 0.25) is 5.31 Å². The van der Waals surface area contributed by atoms with Gasteiger partial charge in [0.1, 0.15) is 6.04 Å². The fraction of sp³-hybridized carbons (Fsp3) is 0.643. The van der Waals surface area contributed by atoms with Gasteiger partial charge in [-0.05, 0) is 48.5 Å². The minimum absolute atomic E-state index is 0.00447. The van der Waals surface area contributed by atoms with Crippen molar-refractivity contribution < 1.29 is 19.0 Å². The summed E-state index contributed by atoms with van der Waals surface area (Å²) >= 11 is 0. The summed E-state index contributed by atoms with van der Waals surface area (Å²) in [6.07, 6.45) is 6.88. The first-order chi connectivity index (χ1) is 16.8. The number of esters is 1. The Morgan fingerprint density at radius 3 is 2.66 bits per heavy atom. The zero-order valence-electron chi connectivity index (χ0n) is 21.9. The predicted octanol–water partition coefficient (Wildman–Crippen LogP) is 4.56. The van der Waals surface area contributed by atoms with Crippen molar-refractivity contribution in [2.75, 3.05) is 26.7 Å². The number of hydrogen-bond donors (Lipinski definition) is 0. The van der Waals surface area contributed by atoms with Crippen LogP contribution in [0, 0.1) is 17.3 Å². The molecule has 1 heterocycles. The van der Waals surface area contributed by atoms with E-state index in [0.717, 1.165) is 18.4 Å². The Hall–Kier alpha value is -2.12. The second-order valence-corrected chi connectivity index (χ2v) is 11.3. The van der Waals surface area contributed by atoms with Gasteiger partial charge in [-0.3, -0.25) is 4.79 Å². The van der Waals surface area contributed by atoms with Gasteiger partial charge in [-0.15, -0.1) is 6.58 Å². The summed E-state index contributed by atoms with van der Waals surface area (Å²) in [7, 11) is 1.19. The van der Waals surface area contributed by atoms with E-state index in [-0.39, 0.29) is 36.2 Å². The van der Waals surface area contributed by atoms with Crippen LogP contribution in [0.4, 0.5) is 0 Å². The lowest BCUT2D eigenvalue weighted by Gasteiger charge is -2.39. The maximum Gasteiger partial charge on any atom is 0.390 e. The van der Waals surface area contributed by atoms with Gasteiger partial charge < -0.3 is 19.1 Å². The van der Waals surface area contributed by atoms with Crippen LogP contribution < -0.4 is 0 Å². The molecule has 0 bridgehead atoms. The highest BCUT2D eigenvalue weighted by atomic mass is 16.5. The molecule has 4 atom stereocenters. The first kappa shape index (κ1) is 26.0.